The SMILES string of the molecule is CCC1CNN2C(NCC3CCC(O)NC3)CC(N3CCCC[C@H]3CCO)NC12. The predicted molar refractivity (Wildman–Crippen MR) is 114 cm³/mol. The molecule has 29 heavy (non-hydrogen) atoms. The highest BCUT2D eigenvalue weighted by atomic mass is 16.3. The molecule has 6 N–H and O–H groups in total. The van der Waals surface area contributed by atoms with Crippen LogP contribution in [0.4, 0.5) is 0 Å². The van der Waals surface area contributed by atoms with Gasteiger partial charge in [-0.2, -0.15) is 0 Å². The lowest BCUT2D eigenvalue weighted by molar-refractivity contribution is -0.0536. The van der Waals surface area contributed by atoms with E-state index in [-0.39, 0.29) is 12.8 Å². The van der Waals surface area contributed by atoms with Gasteiger partial charge in [0, 0.05) is 44.6 Å². The third-order valence-corrected chi connectivity index (χ3v) is 7.62. The van der Waals surface area contributed by atoms with Gasteiger partial charge in [-0.1, -0.05) is 13.3 Å². The Hall–Kier alpha value is -0.320. The van der Waals surface area contributed by atoms with Gasteiger partial charge < -0.3 is 15.5 Å². The summed E-state index contributed by atoms with van der Waals surface area (Å²) in [5.74, 6) is 1.20. The largest absolute Gasteiger partial charge is 0.396 e. The van der Waals surface area contributed by atoms with Crippen LogP contribution in [0.5, 0.6) is 0 Å². The summed E-state index contributed by atoms with van der Waals surface area (Å²) in [4.78, 5) is 2.65. The molecule has 0 aromatic carbocycles. The minimum atomic E-state index is -0.327. The second-order valence-corrected chi connectivity index (χ2v) is 9.49. The van der Waals surface area contributed by atoms with Crippen molar-refractivity contribution in [2.24, 2.45) is 11.8 Å². The van der Waals surface area contributed by atoms with Crippen LogP contribution in [0.3, 0.4) is 0 Å². The van der Waals surface area contributed by atoms with E-state index in [9.17, 15) is 10.2 Å². The van der Waals surface area contributed by atoms with Crippen LogP contribution >= 0.6 is 0 Å². The highest BCUT2D eigenvalue weighted by Crippen LogP contribution is 2.30. The van der Waals surface area contributed by atoms with Crippen LogP contribution < -0.4 is 21.4 Å². The maximum atomic E-state index is 9.69. The van der Waals surface area contributed by atoms with Gasteiger partial charge in [-0.15, -0.1) is 0 Å². The normalized spacial score (nSPS) is 42.1. The monoisotopic (exact) mass is 410 g/mol. The molecule has 4 aliphatic rings. The molecular formula is C21H42N6O2. The van der Waals surface area contributed by atoms with E-state index in [1.165, 1.54) is 25.7 Å². The number of hydrazine groups is 1. The van der Waals surface area contributed by atoms with Gasteiger partial charge in [-0.3, -0.25) is 21.0 Å². The average molecular weight is 411 g/mol. The van der Waals surface area contributed by atoms with E-state index in [4.69, 9.17) is 0 Å². The molecule has 4 fully saturated rings. The summed E-state index contributed by atoms with van der Waals surface area (Å²) in [5, 5.41) is 32.7. The topological polar surface area (TPSA) is 95.1 Å². The number of hydrogen-bond donors (Lipinski definition) is 6. The van der Waals surface area contributed by atoms with Crippen LogP contribution in [0.15, 0.2) is 0 Å². The zero-order valence-corrected chi connectivity index (χ0v) is 18.0. The molecule has 4 heterocycles. The zero-order valence-electron chi connectivity index (χ0n) is 18.0. The Kier molecular flexibility index (Phi) is 7.80. The Morgan fingerprint density at radius 2 is 2.03 bits per heavy atom. The van der Waals surface area contributed by atoms with Gasteiger partial charge in [0.2, 0.25) is 0 Å². The van der Waals surface area contributed by atoms with Gasteiger partial charge in [0.25, 0.3) is 0 Å². The van der Waals surface area contributed by atoms with Crippen molar-refractivity contribution >= 4 is 0 Å². The van der Waals surface area contributed by atoms with E-state index in [2.05, 4.69) is 38.2 Å². The molecule has 0 bridgehead atoms. The van der Waals surface area contributed by atoms with Crippen LogP contribution in [0, 0.1) is 11.8 Å². The summed E-state index contributed by atoms with van der Waals surface area (Å²) in [6.07, 6.45) is 9.49. The average Bonchev–Trinajstić information content (AvgIpc) is 3.17. The highest BCUT2D eigenvalue weighted by Gasteiger charge is 2.45. The molecule has 4 aliphatic heterocycles. The molecule has 0 aromatic rings. The van der Waals surface area contributed by atoms with E-state index < -0.39 is 0 Å². The minimum Gasteiger partial charge on any atom is -0.396 e. The third kappa shape index (κ3) is 5.13. The van der Waals surface area contributed by atoms with Crippen LogP contribution in [0.2, 0.25) is 0 Å². The molecule has 6 unspecified atom stereocenters. The Labute approximate surface area is 175 Å². The van der Waals surface area contributed by atoms with Crippen molar-refractivity contribution < 1.29 is 10.2 Å². The Morgan fingerprint density at radius 1 is 1.14 bits per heavy atom. The molecule has 4 saturated heterocycles. The van der Waals surface area contributed by atoms with Gasteiger partial charge in [0.1, 0.15) is 6.23 Å². The summed E-state index contributed by atoms with van der Waals surface area (Å²) >= 11 is 0. The molecule has 4 rings (SSSR count). The van der Waals surface area contributed by atoms with E-state index in [1.807, 2.05) is 0 Å². The molecule has 168 valence electrons. The molecule has 0 saturated carbocycles. The number of hydrogen-bond acceptors (Lipinski definition) is 8. The van der Waals surface area contributed by atoms with Gasteiger partial charge in [0.15, 0.2) is 0 Å². The second kappa shape index (κ2) is 10.3. The quantitative estimate of drug-likeness (QED) is 0.348. The van der Waals surface area contributed by atoms with Crippen molar-refractivity contribution in [3.05, 3.63) is 0 Å². The fraction of sp³-hybridized carbons (Fsp3) is 1.00. The standard InChI is InChI=1S/C21H42N6O2/c1-2-16-14-24-27-18(22-12-15-6-7-20(29)23-13-15)11-19(25-21(16)27)26-9-4-3-5-17(26)8-10-28/h15-25,28-29H,2-14H2,1H3/t15?,16?,17-,18?,19?,20?,21?/m0/s1. The first-order valence-corrected chi connectivity index (χ1v) is 12.0. The van der Waals surface area contributed by atoms with Crippen molar-refractivity contribution in [2.75, 3.05) is 32.8 Å². The van der Waals surface area contributed by atoms with Gasteiger partial charge >= 0.3 is 0 Å². The summed E-state index contributed by atoms with van der Waals surface area (Å²) in [7, 11) is 0. The van der Waals surface area contributed by atoms with Gasteiger partial charge in [-0.25, -0.2) is 5.01 Å². The third-order valence-electron chi connectivity index (χ3n) is 7.62. The van der Waals surface area contributed by atoms with Crippen molar-refractivity contribution in [3.63, 3.8) is 0 Å². The number of likely N-dealkylation sites (tertiary alicyclic amines) is 1. The fourth-order valence-corrected chi connectivity index (χ4v) is 5.82. The first-order chi connectivity index (χ1) is 14.2. The number of rotatable bonds is 7. The highest BCUT2D eigenvalue weighted by molar-refractivity contribution is 4.96. The Balaban J connectivity index is 1.42. The summed E-state index contributed by atoms with van der Waals surface area (Å²) in [6, 6.07) is 0.497. The minimum absolute atomic E-state index is 0.283. The molecule has 0 aromatic heterocycles. The van der Waals surface area contributed by atoms with E-state index in [0.717, 1.165) is 51.9 Å². The fourth-order valence-electron chi connectivity index (χ4n) is 5.82. The predicted octanol–water partition coefficient (Wildman–Crippen LogP) is -0.0511. The van der Waals surface area contributed by atoms with Gasteiger partial charge in [0.05, 0.1) is 18.5 Å². The first kappa shape index (κ1) is 21.9. The smallest absolute Gasteiger partial charge is 0.104 e. The van der Waals surface area contributed by atoms with Crippen molar-refractivity contribution in [2.45, 2.75) is 89.1 Å². The molecule has 0 radical (unpaired) electrons. The molecule has 0 amide bonds. The number of fused-ring (bicyclic) bond motifs is 1. The first-order valence-electron chi connectivity index (χ1n) is 12.0. The van der Waals surface area contributed by atoms with Crippen molar-refractivity contribution in [1.29, 1.82) is 0 Å². The molecule has 8 nitrogen and oxygen atoms in total. The van der Waals surface area contributed by atoms with E-state index in [1.54, 1.807) is 0 Å². The van der Waals surface area contributed by atoms with Crippen molar-refractivity contribution in [1.82, 2.24) is 31.3 Å². The zero-order chi connectivity index (χ0) is 20.2. The van der Waals surface area contributed by atoms with Crippen LogP contribution in [0.1, 0.15) is 58.3 Å². The lowest BCUT2D eigenvalue weighted by atomic mass is 9.95. The van der Waals surface area contributed by atoms with E-state index in [0.29, 0.717) is 36.4 Å². The molecule has 0 aliphatic carbocycles. The summed E-state index contributed by atoms with van der Waals surface area (Å²) in [5.41, 5.74) is 3.66. The second-order valence-electron chi connectivity index (χ2n) is 9.49. The lowest BCUT2D eigenvalue weighted by Gasteiger charge is -2.50. The number of nitrogens with zero attached hydrogens (tertiary/aromatic N) is 2. The lowest BCUT2D eigenvalue weighted by Crippen LogP contribution is -2.70. The number of nitrogens with one attached hydrogen (secondary N) is 4. The Bertz CT molecular complexity index is 502. The number of aliphatic hydroxyl groups excluding tert-OH is 2. The van der Waals surface area contributed by atoms with Crippen molar-refractivity contribution in [3.8, 4) is 0 Å². The Morgan fingerprint density at radius 3 is 2.79 bits per heavy atom. The summed E-state index contributed by atoms with van der Waals surface area (Å²) < 4.78 is 0. The molecular weight excluding hydrogens is 368 g/mol. The van der Waals surface area contributed by atoms with Crippen LogP contribution in [0.25, 0.3) is 0 Å². The maximum Gasteiger partial charge on any atom is 0.104 e. The molecule has 7 atom stereocenters. The van der Waals surface area contributed by atoms with Gasteiger partial charge in [-0.05, 0) is 51.0 Å². The molecule has 0 spiro atoms. The summed E-state index contributed by atoms with van der Waals surface area (Å²) in [6.45, 7) is 6.62. The molecule has 8 heteroatoms. The number of aliphatic hydroxyl groups is 2. The van der Waals surface area contributed by atoms with Crippen LogP contribution in [-0.2, 0) is 0 Å². The number of piperidine rings is 2. The van der Waals surface area contributed by atoms with E-state index >= 15 is 0 Å². The van der Waals surface area contributed by atoms with Crippen LogP contribution in [-0.4, -0.2) is 83.7 Å². The maximum absolute atomic E-state index is 9.69.